The lowest BCUT2D eigenvalue weighted by molar-refractivity contribution is -0.135. The molecule has 0 unspecified atom stereocenters. The third kappa shape index (κ3) is 1.63. The van der Waals surface area contributed by atoms with Crippen molar-refractivity contribution in [3.05, 3.63) is 42.0 Å². The van der Waals surface area contributed by atoms with Crippen LogP contribution in [0.2, 0.25) is 0 Å². The fourth-order valence-corrected chi connectivity index (χ4v) is 1.60. The summed E-state index contributed by atoms with van der Waals surface area (Å²) in [6.45, 7) is 0. The van der Waals surface area contributed by atoms with Gasteiger partial charge in [0.25, 0.3) is 0 Å². The summed E-state index contributed by atoms with van der Waals surface area (Å²) in [7, 11) is 0. The Morgan fingerprint density at radius 1 is 0.933 bits per heavy atom. The largest absolute Gasteiger partial charge is 0.418 e. The summed E-state index contributed by atoms with van der Waals surface area (Å²) in [5.74, 6) is 0. The second-order valence-corrected chi connectivity index (χ2v) is 3.25. The van der Waals surface area contributed by atoms with Crippen LogP contribution in [0, 0.1) is 0 Å². The van der Waals surface area contributed by atoms with Crippen molar-refractivity contribution in [1.29, 1.82) is 0 Å². The predicted octanol–water partition coefficient (Wildman–Crippen LogP) is 3.44. The van der Waals surface area contributed by atoms with Crippen molar-refractivity contribution in [2.75, 3.05) is 5.73 Å². The number of nitrogens with two attached hydrogens (primary N) is 1. The molecule has 78 valence electrons. The molecule has 0 atom stereocenters. The van der Waals surface area contributed by atoms with Gasteiger partial charge >= 0.3 is 6.18 Å². The van der Waals surface area contributed by atoms with Crippen LogP contribution in [0.4, 0.5) is 18.9 Å². The molecule has 0 radical (unpaired) electrons. The van der Waals surface area contributed by atoms with Gasteiger partial charge in [0, 0.05) is 5.69 Å². The van der Waals surface area contributed by atoms with E-state index in [-0.39, 0.29) is 11.1 Å². The highest BCUT2D eigenvalue weighted by atomic mass is 19.4. The molecule has 0 saturated carbocycles. The Kier molecular flexibility index (Phi) is 2.07. The third-order valence-corrected chi connectivity index (χ3v) is 2.24. The maximum atomic E-state index is 12.7. The zero-order chi connectivity index (χ0) is 11.1. The standard InChI is InChI=1S/C11H8F3N/c12-11(13,14)10-8-4-2-1-3-7(8)5-6-9(10)15/h1-6H,15H2. The summed E-state index contributed by atoms with van der Waals surface area (Å²) in [6.07, 6.45) is -4.41. The molecule has 0 aliphatic rings. The Morgan fingerprint density at radius 3 is 2.27 bits per heavy atom. The zero-order valence-electron chi connectivity index (χ0n) is 7.68. The fourth-order valence-electron chi connectivity index (χ4n) is 1.60. The van der Waals surface area contributed by atoms with E-state index in [2.05, 4.69) is 0 Å². The number of nitrogen functional groups attached to an aromatic ring is 1. The van der Waals surface area contributed by atoms with E-state index in [0.717, 1.165) is 0 Å². The highest BCUT2D eigenvalue weighted by Gasteiger charge is 2.34. The average molecular weight is 211 g/mol. The second kappa shape index (κ2) is 3.15. The molecule has 1 nitrogen and oxygen atoms in total. The summed E-state index contributed by atoms with van der Waals surface area (Å²) < 4.78 is 38.1. The van der Waals surface area contributed by atoms with Gasteiger partial charge in [-0.25, -0.2) is 0 Å². The molecule has 2 aromatic carbocycles. The Balaban J connectivity index is 2.86. The molecule has 0 aliphatic heterocycles. The molecule has 4 heteroatoms. The smallest absolute Gasteiger partial charge is 0.398 e. The van der Waals surface area contributed by atoms with Gasteiger partial charge in [-0.15, -0.1) is 0 Å². The van der Waals surface area contributed by atoms with Crippen molar-refractivity contribution in [3.8, 4) is 0 Å². The molecular weight excluding hydrogens is 203 g/mol. The normalized spacial score (nSPS) is 11.9. The van der Waals surface area contributed by atoms with Gasteiger partial charge in [-0.3, -0.25) is 0 Å². The van der Waals surface area contributed by atoms with E-state index in [1.165, 1.54) is 12.1 Å². The number of hydrogen-bond donors (Lipinski definition) is 1. The predicted molar refractivity (Wildman–Crippen MR) is 53.4 cm³/mol. The SMILES string of the molecule is Nc1ccc2ccccc2c1C(F)(F)F. The first-order valence-corrected chi connectivity index (χ1v) is 4.34. The molecule has 0 bridgehead atoms. The van der Waals surface area contributed by atoms with Crippen molar-refractivity contribution < 1.29 is 13.2 Å². The van der Waals surface area contributed by atoms with Crippen LogP contribution in [0.1, 0.15) is 5.56 Å². The number of hydrogen-bond acceptors (Lipinski definition) is 1. The number of alkyl halides is 3. The Hall–Kier alpha value is -1.71. The van der Waals surface area contributed by atoms with Gasteiger partial charge in [-0.1, -0.05) is 30.3 Å². The number of rotatable bonds is 0. The molecule has 0 aliphatic carbocycles. The second-order valence-electron chi connectivity index (χ2n) is 3.25. The molecule has 0 amide bonds. The number of anilines is 1. The van der Waals surface area contributed by atoms with Crippen LogP contribution in [0.3, 0.4) is 0 Å². The van der Waals surface area contributed by atoms with Crippen molar-refractivity contribution >= 4 is 16.5 Å². The number of fused-ring (bicyclic) bond motifs is 1. The van der Waals surface area contributed by atoms with Crippen molar-refractivity contribution in [2.24, 2.45) is 0 Å². The van der Waals surface area contributed by atoms with E-state index in [9.17, 15) is 13.2 Å². The highest BCUT2D eigenvalue weighted by molar-refractivity contribution is 5.90. The third-order valence-electron chi connectivity index (χ3n) is 2.24. The van der Waals surface area contributed by atoms with Crippen LogP contribution >= 0.6 is 0 Å². The summed E-state index contributed by atoms with van der Waals surface area (Å²) in [6, 6.07) is 9.18. The Morgan fingerprint density at radius 2 is 1.60 bits per heavy atom. The molecule has 0 spiro atoms. The van der Waals surface area contributed by atoms with Gasteiger partial charge in [-0.2, -0.15) is 13.2 Å². The van der Waals surface area contributed by atoms with Crippen LogP contribution in [0.5, 0.6) is 0 Å². The molecular formula is C11H8F3N. The minimum atomic E-state index is -4.41. The summed E-state index contributed by atoms with van der Waals surface area (Å²) in [5, 5.41) is 0.684. The average Bonchev–Trinajstić information content (AvgIpc) is 2.15. The number of benzene rings is 2. The fraction of sp³-hybridized carbons (Fsp3) is 0.0909. The van der Waals surface area contributed by atoms with Gasteiger partial charge in [0.2, 0.25) is 0 Å². The Bertz CT molecular complexity index is 503. The molecule has 2 rings (SSSR count). The zero-order valence-corrected chi connectivity index (χ0v) is 7.68. The van der Waals surface area contributed by atoms with E-state index in [4.69, 9.17) is 5.73 Å². The highest BCUT2D eigenvalue weighted by Crippen LogP contribution is 2.38. The van der Waals surface area contributed by atoms with Gasteiger partial charge in [0.05, 0.1) is 5.56 Å². The van der Waals surface area contributed by atoms with E-state index in [1.54, 1.807) is 24.3 Å². The van der Waals surface area contributed by atoms with Crippen molar-refractivity contribution in [1.82, 2.24) is 0 Å². The maximum absolute atomic E-state index is 12.7. The molecule has 2 aromatic rings. The summed E-state index contributed by atoms with van der Waals surface area (Å²) in [4.78, 5) is 0. The lowest BCUT2D eigenvalue weighted by Crippen LogP contribution is -2.09. The molecule has 2 N–H and O–H groups in total. The first kappa shape index (κ1) is 9.83. The lowest BCUT2D eigenvalue weighted by atomic mass is 10.0. The van der Waals surface area contributed by atoms with Crippen LogP contribution in [0.15, 0.2) is 36.4 Å². The van der Waals surface area contributed by atoms with Crippen molar-refractivity contribution in [2.45, 2.75) is 6.18 Å². The monoisotopic (exact) mass is 211 g/mol. The first-order valence-electron chi connectivity index (χ1n) is 4.34. The van der Waals surface area contributed by atoms with Gasteiger partial charge < -0.3 is 5.73 Å². The quantitative estimate of drug-likeness (QED) is 0.663. The van der Waals surface area contributed by atoms with E-state index in [1.807, 2.05) is 0 Å². The van der Waals surface area contributed by atoms with E-state index >= 15 is 0 Å². The molecule has 0 saturated heterocycles. The number of halogens is 3. The molecule has 0 aromatic heterocycles. The van der Waals surface area contributed by atoms with E-state index < -0.39 is 11.7 Å². The lowest BCUT2D eigenvalue weighted by Gasteiger charge is -2.12. The minimum Gasteiger partial charge on any atom is -0.398 e. The van der Waals surface area contributed by atoms with Crippen LogP contribution in [-0.2, 0) is 6.18 Å². The summed E-state index contributed by atoms with van der Waals surface area (Å²) in [5.41, 5.74) is 4.37. The van der Waals surface area contributed by atoms with E-state index in [0.29, 0.717) is 5.39 Å². The van der Waals surface area contributed by atoms with Crippen LogP contribution in [0.25, 0.3) is 10.8 Å². The molecule has 15 heavy (non-hydrogen) atoms. The van der Waals surface area contributed by atoms with Crippen molar-refractivity contribution in [3.63, 3.8) is 0 Å². The molecule has 0 heterocycles. The van der Waals surface area contributed by atoms with Crippen LogP contribution < -0.4 is 5.73 Å². The minimum absolute atomic E-state index is 0.144. The van der Waals surface area contributed by atoms with Gasteiger partial charge in [-0.05, 0) is 16.8 Å². The topological polar surface area (TPSA) is 26.0 Å². The maximum Gasteiger partial charge on any atom is 0.418 e. The summed E-state index contributed by atoms with van der Waals surface area (Å²) >= 11 is 0. The Labute approximate surface area is 84.3 Å². The van der Waals surface area contributed by atoms with Gasteiger partial charge in [0.15, 0.2) is 0 Å². The first-order chi connectivity index (χ1) is 7.00. The van der Waals surface area contributed by atoms with Crippen LogP contribution in [-0.4, -0.2) is 0 Å². The molecule has 0 fully saturated rings. The van der Waals surface area contributed by atoms with Gasteiger partial charge in [0.1, 0.15) is 0 Å².